The number of nitrogens with one attached hydrogen (secondary N) is 1. The number of rotatable bonds is 5. The summed E-state index contributed by atoms with van der Waals surface area (Å²) in [6, 6.07) is 9.77. The van der Waals surface area contributed by atoms with Gasteiger partial charge in [0.1, 0.15) is 34.6 Å². The summed E-state index contributed by atoms with van der Waals surface area (Å²) in [5, 5.41) is 6.55. The Balaban J connectivity index is 1.84. The van der Waals surface area contributed by atoms with Crippen LogP contribution in [-0.2, 0) is 7.05 Å². The standard InChI is InChI=1S/C18H17N5OS/c1-23-9-8-19-17(23)15(12-5-3-4-6-14(12)24-2)22-16-13-7-10-25-18(13)21-11-20-16/h3-11,15H,1-2H3,(H,20,21,22)/t15-/m1/s1. The Labute approximate surface area is 149 Å². The Kier molecular flexibility index (Phi) is 4.07. The van der Waals surface area contributed by atoms with Gasteiger partial charge in [0.2, 0.25) is 0 Å². The van der Waals surface area contributed by atoms with E-state index in [4.69, 9.17) is 4.74 Å². The van der Waals surface area contributed by atoms with Gasteiger partial charge in [-0.25, -0.2) is 15.0 Å². The molecule has 126 valence electrons. The number of para-hydroxylation sites is 1. The summed E-state index contributed by atoms with van der Waals surface area (Å²) in [6.45, 7) is 0. The lowest BCUT2D eigenvalue weighted by Gasteiger charge is -2.22. The number of fused-ring (bicyclic) bond motifs is 1. The molecule has 0 saturated heterocycles. The molecule has 4 aromatic rings. The first kappa shape index (κ1) is 15.6. The molecule has 6 nitrogen and oxygen atoms in total. The van der Waals surface area contributed by atoms with E-state index in [2.05, 4.69) is 20.3 Å². The van der Waals surface area contributed by atoms with Crippen LogP contribution in [-0.4, -0.2) is 26.6 Å². The monoisotopic (exact) mass is 351 g/mol. The van der Waals surface area contributed by atoms with Crippen molar-refractivity contribution >= 4 is 27.4 Å². The molecule has 0 fully saturated rings. The number of aryl methyl sites for hydroxylation is 1. The molecule has 0 spiro atoms. The first-order valence-corrected chi connectivity index (χ1v) is 8.71. The number of thiophene rings is 1. The summed E-state index contributed by atoms with van der Waals surface area (Å²) in [4.78, 5) is 14.3. The van der Waals surface area contributed by atoms with Crippen molar-refractivity contribution in [3.05, 3.63) is 65.8 Å². The fraction of sp³-hybridized carbons (Fsp3) is 0.167. The molecule has 0 aliphatic rings. The highest BCUT2D eigenvalue weighted by atomic mass is 32.1. The Morgan fingerprint density at radius 2 is 2.04 bits per heavy atom. The second-order valence-electron chi connectivity index (χ2n) is 5.58. The molecule has 3 aromatic heterocycles. The van der Waals surface area contributed by atoms with Crippen LogP contribution in [0.4, 0.5) is 5.82 Å². The number of imidazole rings is 1. The van der Waals surface area contributed by atoms with Crippen LogP contribution in [0.5, 0.6) is 5.75 Å². The highest BCUT2D eigenvalue weighted by Crippen LogP contribution is 2.33. The van der Waals surface area contributed by atoms with Crippen molar-refractivity contribution in [2.24, 2.45) is 7.05 Å². The largest absolute Gasteiger partial charge is 0.496 e. The van der Waals surface area contributed by atoms with Crippen LogP contribution >= 0.6 is 11.3 Å². The van der Waals surface area contributed by atoms with Gasteiger partial charge in [0.25, 0.3) is 0 Å². The third-order valence-electron chi connectivity index (χ3n) is 4.11. The van der Waals surface area contributed by atoms with E-state index in [0.717, 1.165) is 33.2 Å². The van der Waals surface area contributed by atoms with Gasteiger partial charge in [-0.05, 0) is 17.5 Å². The van der Waals surface area contributed by atoms with E-state index in [1.807, 2.05) is 53.5 Å². The summed E-state index contributed by atoms with van der Waals surface area (Å²) < 4.78 is 7.56. The average molecular weight is 351 g/mol. The molecular weight excluding hydrogens is 334 g/mol. The second kappa shape index (κ2) is 6.52. The normalized spacial score (nSPS) is 12.2. The maximum absolute atomic E-state index is 5.57. The van der Waals surface area contributed by atoms with Crippen molar-refractivity contribution < 1.29 is 4.74 Å². The van der Waals surface area contributed by atoms with Crippen molar-refractivity contribution in [3.8, 4) is 5.75 Å². The number of hydrogen-bond donors (Lipinski definition) is 1. The second-order valence-corrected chi connectivity index (χ2v) is 6.47. The quantitative estimate of drug-likeness (QED) is 0.595. The summed E-state index contributed by atoms with van der Waals surface area (Å²) in [6.07, 6.45) is 5.30. The minimum Gasteiger partial charge on any atom is -0.496 e. The van der Waals surface area contributed by atoms with E-state index >= 15 is 0 Å². The molecule has 1 atom stereocenters. The molecule has 0 aliphatic heterocycles. The molecule has 0 aliphatic carbocycles. The predicted octanol–water partition coefficient (Wildman–Crippen LogP) is 3.63. The van der Waals surface area contributed by atoms with E-state index < -0.39 is 0 Å². The Hall–Kier alpha value is -2.93. The van der Waals surface area contributed by atoms with Crippen molar-refractivity contribution in [1.82, 2.24) is 19.5 Å². The molecule has 0 amide bonds. The number of aromatic nitrogens is 4. The smallest absolute Gasteiger partial charge is 0.139 e. The zero-order valence-corrected chi connectivity index (χ0v) is 14.7. The molecule has 0 bridgehead atoms. The van der Waals surface area contributed by atoms with Crippen molar-refractivity contribution in [3.63, 3.8) is 0 Å². The highest BCUT2D eigenvalue weighted by Gasteiger charge is 2.23. The SMILES string of the molecule is COc1ccccc1[C@@H](Nc1ncnc2sccc12)c1nccn1C. The number of methoxy groups -OCH3 is 1. The fourth-order valence-corrected chi connectivity index (χ4v) is 3.62. The summed E-state index contributed by atoms with van der Waals surface area (Å²) in [5.74, 6) is 2.47. The molecular formula is C18H17N5OS. The lowest BCUT2D eigenvalue weighted by molar-refractivity contribution is 0.408. The maximum Gasteiger partial charge on any atom is 0.139 e. The van der Waals surface area contributed by atoms with Gasteiger partial charge in [0.15, 0.2) is 0 Å². The van der Waals surface area contributed by atoms with Gasteiger partial charge in [0, 0.05) is 25.0 Å². The minimum absolute atomic E-state index is 0.200. The van der Waals surface area contributed by atoms with Crippen LogP contribution in [0.2, 0.25) is 0 Å². The van der Waals surface area contributed by atoms with Crippen molar-refractivity contribution in [2.45, 2.75) is 6.04 Å². The van der Waals surface area contributed by atoms with E-state index in [0.29, 0.717) is 0 Å². The molecule has 0 radical (unpaired) electrons. The summed E-state index contributed by atoms with van der Waals surface area (Å²) in [5.41, 5.74) is 1.00. The van der Waals surface area contributed by atoms with Crippen LogP contribution in [0, 0.1) is 0 Å². The van der Waals surface area contributed by atoms with E-state index in [1.54, 1.807) is 31.0 Å². The number of benzene rings is 1. The molecule has 25 heavy (non-hydrogen) atoms. The molecule has 0 unspecified atom stereocenters. The van der Waals surface area contributed by atoms with Crippen LogP contribution in [0.1, 0.15) is 17.4 Å². The van der Waals surface area contributed by atoms with E-state index in [9.17, 15) is 0 Å². The van der Waals surface area contributed by atoms with Gasteiger partial charge >= 0.3 is 0 Å². The maximum atomic E-state index is 5.57. The minimum atomic E-state index is -0.200. The summed E-state index contributed by atoms with van der Waals surface area (Å²) in [7, 11) is 3.66. The number of anilines is 1. The van der Waals surface area contributed by atoms with Crippen LogP contribution in [0.3, 0.4) is 0 Å². The predicted molar refractivity (Wildman–Crippen MR) is 99.1 cm³/mol. The molecule has 1 aromatic carbocycles. The number of hydrogen-bond acceptors (Lipinski definition) is 6. The Bertz CT molecular complexity index is 1010. The first-order chi connectivity index (χ1) is 12.3. The Morgan fingerprint density at radius 3 is 2.84 bits per heavy atom. The zero-order chi connectivity index (χ0) is 17.2. The van der Waals surface area contributed by atoms with Crippen LogP contribution < -0.4 is 10.1 Å². The molecule has 4 rings (SSSR count). The topological polar surface area (TPSA) is 64.9 Å². The molecule has 1 N–H and O–H groups in total. The molecule has 7 heteroatoms. The average Bonchev–Trinajstić information content (AvgIpc) is 3.29. The highest BCUT2D eigenvalue weighted by molar-refractivity contribution is 7.16. The van der Waals surface area contributed by atoms with Crippen LogP contribution in [0.25, 0.3) is 10.2 Å². The lowest BCUT2D eigenvalue weighted by atomic mass is 10.0. The van der Waals surface area contributed by atoms with E-state index in [1.165, 1.54) is 0 Å². The van der Waals surface area contributed by atoms with Gasteiger partial charge in [-0.3, -0.25) is 0 Å². The fourth-order valence-electron chi connectivity index (χ4n) is 2.88. The van der Waals surface area contributed by atoms with Gasteiger partial charge in [-0.2, -0.15) is 0 Å². The summed E-state index contributed by atoms with van der Waals surface area (Å²) >= 11 is 1.60. The van der Waals surface area contributed by atoms with Crippen molar-refractivity contribution in [2.75, 3.05) is 12.4 Å². The molecule has 0 saturated carbocycles. The van der Waals surface area contributed by atoms with Gasteiger partial charge in [-0.15, -0.1) is 11.3 Å². The van der Waals surface area contributed by atoms with Gasteiger partial charge < -0.3 is 14.6 Å². The molecule has 3 heterocycles. The Morgan fingerprint density at radius 1 is 1.16 bits per heavy atom. The van der Waals surface area contributed by atoms with Crippen molar-refractivity contribution in [1.29, 1.82) is 0 Å². The van der Waals surface area contributed by atoms with Gasteiger partial charge in [0.05, 0.1) is 12.5 Å². The third kappa shape index (κ3) is 2.83. The lowest BCUT2D eigenvalue weighted by Crippen LogP contribution is -2.18. The van der Waals surface area contributed by atoms with Crippen LogP contribution in [0.15, 0.2) is 54.4 Å². The first-order valence-electron chi connectivity index (χ1n) is 7.83. The van der Waals surface area contributed by atoms with Gasteiger partial charge in [-0.1, -0.05) is 18.2 Å². The van der Waals surface area contributed by atoms with E-state index in [-0.39, 0.29) is 6.04 Å². The third-order valence-corrected chi connectivity index (χ3v) is 4.93. The number of ether oxygens (including phenoxy) is 1. The number of nitrogens with zero attached hydrogens (tertiary/aromatic N) is 4. The zero-order valence-electron chi connectivity index (χ0n) is 13.9.